The van der Waals surface area contributed by atoms with Crippen molar-refractivity contribution in [1.29, 1.82) is 0 Å². The number of carbonyl (C=O) groups is 2. The van der Waals surface area contributed by atoms with Crippen LogP contribution in [0.15, 0.2) is 24.3 Å². The second-order valence-corrected chi connectivity index (χ2v) is 5.35. The van der Waals surface area contributed by atoms with E-state index in [0.29, 0.717) is 24.3 Å². The van der Waals surface area contributed by atoms with Crippen LogP contribution in [-0.4, -0.2) is 48.9 Å². The first-order valence-corrected chi connectivity index (χ1v) is 7.47. The lowest BCUT2D eigenvalue weighted by Gasteiger charge is -2.18. The zero-order valence-electron chi connectivity index (χ0n) is 13.2. The zero-order valence-corrected chi connectivity index (χ0v) is 13.2. The lowest BCUT2D eigenvalue weighted by Crippen LogP contribution is -2.40. The number of carbonyl (C=O) groups excluding carboxylic acids is 1. The molecule has 1 fully saturated rings. The van der Waals surface area contributed by atoms with Crippen molar-refractivity contribution >= 4 is 11.9 Å². The summed E-state index contributed by atoms with van der Waals surface area (Å²) in [6.07, 6.45) is -1.12. The Labute approximate surface area is 134 Å². The normalized spacial score (nSPS) is 21.5. The van der Waals surface area contributed by atoms with Crippen molar-refractivity contribution in [2.75, 3.05) is 13.7 Å². The van der Waals surface area contributed by atoms with Crippen LogP contribution in [0.5, 0.6) is 11.5 Å². The molecule has 0 spiro atoms. The minimum absolute atomic E-state index is 0.271. The number of hydrogen-bond donors (Lipinski definition) is 2. The average Bonchev–Trinajstić information content (AvgIpc) is 3.03. The predicted octanol–water partition coefficient (Wildman–Crippen LogP) is 1.21. The summed E-state index contributed by atoms with van der Waals surface area (Å²) in [4.78, 5) is 22.8. The summed E-state index contributed by atoms with van der Waals surface area (Å²) >= 11 is 0. The van der Waals surface area contributed by atoms with E-state index < -0.39 is 18.2 Å². The van der Waals surface area contributed by atoms with Crippen LogP contribution in [0.4, 0.5) is 0 Å². The molecular formula is C16H21NO6. The molecule has 3 atom stereocenters. The van der Waals surface area contributed by atoms with Gasteiger partial charge in [-0.25, -0.2) is 4.79 Å². The SMILES string of the molecule is COc1ccccc1OC(C)CNC(=O)[C@@H]1CC[C@H](C(=O)O)O1. The molecule has 1 heterocycles. The smallest absolute Gasteiger partial charge is 0.332 e. The van der Waals surface area contributed by atoms with Crippen molar-refractivity contribution in [2.24, 2.45) is 0 Å². The number of amides is 1. The predicted molar refractivity (Wildman–Crippen MR) is 81.6 cm³/mol. The topological polar surface area (TPSA) is 94.1 Å². The molecule has 2 N–H and O–H groups in total. The van der Waals surface area contributed by atoms with Gasteiger partial charge in [-0.2, -0.15) is 0 Å². The fourth-order valence-electron chi connectivity index (χ4n) is 2.34. The van der Waals surface area contributed by atoms with E-state index in [1.165, 1.54) is 0 Å². The molecule has 1 saturated heterocycles. The Balaban J connectivity index is 1.79. The molecule has 1 aromatic carbocycles. The molecule has 1 unspecified atom stereocenters. The fourth-order valence-corrected chi connectivity index (χ4v) is 2.34. The van der Waals surface area contributed by atoms with Crippen molar-refractivity contribution in [3.05, 3.63) is 24.3 Å². The summed E-state index contributed by atoms with van der Waals surface area (Å²) in [6.45, 7) is 2.11. The maximum absolute atomic E-state index is 12.0. The number of aliphatic carboxylic acids is 1. The maximum Gasteiger partial charge on any atom is 0.332 e. The van der Waals surface area contributed by atoms with Gasteiger partial charge in [-0.3, -0.25) is 4.79 Å². The quantitative estimate of drug-likeness (QED) is 0.783. The molecule has 0 aromatic heterocycles. The minimum atomic E-state index is -1.03. The largest absolute Gasteiger partial charge is 0.493 e. The van der Waals surface area contributed by atoms with Gasteiger partial charge in [0.25, 0.3) is 0 Å². The van der Waals surface area contributed by atoms with Crippen LogP contribution in [0.1, 0.15) is 19.8 Å². The Bertz CT molecular complexity index is 561. The van der Waals surface area contributed by atoms with Gasteiger partial charge < -0.3 is 24.6 Å². The van der Waals surface area contributed by atoms with E-state index >= 15 is 0 Å². The number of rotatable bonds is 7. The molecule has 1 aromatic rings. The Morgan fingerprint density at radius 2 is 1.96 bits per heavy atom. The molecule has 0 aliphatic carbocycles. The molecule has 0 saturated carbocycles. The number of carboxylic acid groups (broad SMARTS) is 1. The van der Waals surface area contributed by atoms with Crippen LogP contribution in [0.3, 0.4) is 0 Å². The highest BCUT2D eigenvalue weighted by atomic mass is 16.5. The molecule has 7 heteroatoms. The van der Waals surface area contributed by atoms with Gasteiger partial charge in [-0.1, -0.05) is 12.1 Å². The molecule has 0 radical (unpaired) electrons. The number of ether oxygens (including phenoxy) is 3. The van der Waals surface area contributed by atoms with Crippen LogP contribution >= 0.6 is 0 Å². The number of benzene rings is 1. The van der Waals surface area contributed by atoms with Crippen molar-refractivity contribution in [3.8, 4) is 11.5 Å². The van der Waals surface area contributed by atoms with Crippen molar-refractivity contribution in [1.82, 2.24) is 5.32 Å². The van der Waals surface area contributed by atoms with E-state index in [2.05, 4.69) is 5.32 Å². The van der Waals surface area contributed by atoms with E-state index in [9.17, 15) is 9.59 Å². The molecule has 7 nitrogen and oxygen atoms in total. The van der Waals surface area contributed by atoms with Crippen molar-refractivity contribution in [2.45, 2.75) is 38.1 Å². The second-order valence-electron chi connectivity index (χ2n) is 5.35. The maximum atomic E-state index is 12.0. The van der Waals surface area contributed by atoms with Crippen LogP contribution in [0.25, 0.3) is 0 Å². The average molecular weight is 323 g/mol. The summed E-state index contributed by atoms with van der Waals surface area (Å²) in [5, 5.41) is 11.6. The standard InChI is InChI=1S/C16H21NO6/c1-10(22-12-6-4-3-5-11(12)21-2)9-17-15(18)13-7-8-14(23-13)16(19)20/h3-6,10,13-14H,7-9H2,1-2H3,(H,17,18)(H,19,20)/t10?,13-,14+/m0/s1. The second kappa shape index (κ2) is 7.82. The molecule has 23 heavy (non-hydrogen) atoms. The van der Waals surface area contributed by atoms with Crippen molar-refractivity contribution in [3.63, 3.8) is 0 Å². The fraction of sp³-hybridized carbons (Fsp3) is 0.500. The Hall–Kier alpha value is -2.28. The third kappa shape index (κ3) is 4.59. The van der Waals surface area contributed by atoms with E-state index in [1.54, 1.807) is 19.2 Å². The Kier molecular flexibility index (Phi) is 5.81. The molecule has 2 rings (SSSR count). The van der Waals surface area contributed by atoms with Gasteiger partial charge in [0.15, 0.2) is 17.6 Å². The summed E-state index contributed by atoms with van der Waals surface area (Å²) in [6, 6.07) is 7.25. The highest BCUT2D eigenvalue weighted by Crippen LogP contribution is 2.26. The summed E-state index contributed by atoms with van der Waals surface area (Å²) in [5.74, 6) is -0.133. The number of carboxylic acids is 1. The third-order valence-corrected chi connectivity index (χ3v) is 3.55. The number of methoxy groups -OCH3 is 1. The van der Waals surface area contributed by atoms with Crippen LogP contribution in [0, 0.1) is 0 Å². The molecule has 1 aliphatic heterocycles. The Morgan fingerprint density at radius 3 is 2.57 bits per heavy atom. The van der Waals surface area contributed by atoms with E-state index in [1.807, 2.05) is 19.1 Å². The molecular weight excluding hydrogens is 302 g/mol. The molecule has 1 amide bonds. The summed E-state index contributed by atoms with van der Waals surface area (Å²) < 4.78 is 16.1. The lowest BCUT2D eigenvalue weighted by atomic mass is 10.2. The summed E-state index contributed by atoms with van der Waals surface area (Å²) in [5.41, 5.74) is 0. The van der Waals surface area contributed by atoms with Gasteiger partial charge in [0, 0.05) is 0 Å². The van der Waals surface area contributed by atoms with Gasteiger partial charge in [-0.15, -0.1) is 0 Å². The minimum Gasteiger partial charge on any atom is -0.493 e. The molecule has 126 valence electrons. The highest BCUT2D eigenvalue weighted by molar-refractivity contribution is 5.82. The van der Waals surface area contributed by atoms with E-state index in [0.717, 1.165) is 0 Å². The first kappa shape index (κ1) is 17.1. The van der Waals surface area contributed by atoms with Gasteiger partial charge in [0.1, 0.15) is 12.2 Å². The molecule has 1 aliphatic rings. The van der Waals surface area contributed by atoms with Gasteiger partial charge >= 0.3 is 5.97 Å². The van der Waals surface area contributed by atoms with E-state index in [-0.39, 0.29) is 18.6 Å². The van der Waals surface area contributed by atoms with Crippen molar-refractivity contribution < 1.29 is 28.9 Å². The van der Waals surface area contributed by atoms with E-state index in [4.69, 9.17) is 19.3 Å². The Morgan fingerprint density at radius 1 is 1.30 bits per heavy atom. The molecule has 0 bridgehead atoms. The first-order chi connectivity index (χ1) is 11.0. The number of para-hydroxylation sites is 2. The highest BCUT2D eigenvalue weighted by Gasteiger charge is 2.34. The monoisotopic (exact) mass is 323 g/mol. The van der Waals surface area contributed by atoms with Gasteiger partial charge in [0.2, 0.25) is 5.91 Å². The zero-order chi connectivity index (χ0) is 16.8. The summed E-state index contributed by atoms with van der Waals surface area (Å²) in [7, 11) is 1.56. The third-order valence-electron chi connectivity index (χ3n) is 3.55. The van der Waals surface area contributed by atoms with Crippen LogP contribution in [-0.2, 0) is 14.3 Å². The number of hydrogen-bond acceptors (Lipinski definition) is 5. The number of nitrogens with one attached hydrogen (secondary N) is 1. The van der Waals surface area contributed by atoms with Crippen LogP contribution < -0.4 is 14.8 Å². The first-order valence-electron chi connectivity index (χ1n) is 7.47. The van der Waals surface area contributed by atoms with Gasteiger partial charge in [-0.05, 0) is 31.9 Å². The van der Waals surface area contributed by atoms with Gasteiger partial charge in [0.05, 0.1) is 13.7 Å². The van der Waals surface area contributed by atoms with Crippen LogP contribution in [0.2, 0.25) is 0 Å². The lowest BCUT2D eigenvalue weighted by molar-refractivity contribution is -0.151.